The number of carbonyl (C=O) groups excluding carboxylic acids is 1. The first kappa shape index (κ1) is 41.1. The fourth-order valence-corrected chi connectivity index (χ4v) is 5.39. The lowest BCUT2D eigenvalue weighted by Gasteiger charge is -2.19. The van der Waals surface area contributed by atoms with Gasteiger partial charge in [-0.1, -0.05) is 98.8 Å². The number of ether oxygens (including phenoxy) is 6. The van der Waals surface area contributed by atoms with E-state index in [0.717, 1.165) is 108 Å². The first-order chi connectivity index (χ1) is 23.5. The van der Waals surface area contributed by atoms with Gasteiger partial charge in [0.05, 0.1) is 45.7 Å². The van der Waals surface area contributed by atoms with Gasteiger partial charge < -0.3 is 28.4 Å². The van der Waals surface area contributed by atoms with Crippen molar-refractivity contribution in [2.75, 3.05) is 40.1 Å². The second kappa shape index (κ2) is 25.9. The van der Waals surface area contributed by atoms with Gasteiger partial charge in [0, 0.05) is 24.1 Å². The highest BCUT2D eigenvalue weighted by atomic mass is 16.5. The Morgan fingerprint density at radius 1 is 0.500 bits per heavy atom. The van der Waals surface area contributed by atoms with Crippen LogP contribution in [0.5, 0.6) is 34.5 Å². The summed E-state index contributed by atoms with van der Waals surface area (Å²) in [6.07, 6.45) is 16.5. The summed E-state index contributed by atoms with van der Waals surface area (Å²) in [5.41, 5.74) is 1.41. The molecule has 0 aliphatic carbocycles. The van der Waals surface area contributed by atoms with E-state index >= 15 is 0 Å². The van der Waals surface area contributed by atoms with Gasteiger partial charge in [0.1, 0.15) is 11.5 Å². The Kier molecular flexibility index (Phi) is 22.1. The van der Waals surface area contributed by atoms with Gasteiger partial charge in [-0.15, -0.1) is 0 Å². The van der Waals surface area contributed by atoms with E-state index in [9.17, 15) is 4.79 Å². The summed E-state index contributed by atoms with van der Waals surface area (Å²) in [7, 11) is 1.65. The van der Waals surface area contributed by atoms with E-state index in [1.165, 1.54) is 0 Å². The van der Waals surface area contributed by atoms with Gasteiger partial charge in [-0.05, 0) is 50.7 Å². The van der Waals surface area contributed by atoms with Crippen molar-refractivity contribution in [3.63, 3.8) is 0 Å². The number of ketones is 1. The summed E-state index contributed by atoms with van der Waals surface area (Å²) in [5.74, 6) is 3.78. The Morgan fingerprint density at radius 3 is 1.44 bits per heavy atom. The molecule has 0 atom stereocenters. The summed E-state index contributed by atoms with van der Waals surface area (Å²) in [5, 5.41) is 0. The molecule has 7 nitrogen and oxygen atoms in total. The predicted octanol–water partition coefficient (Wildman–Crippen LogP) is 11.4. The number of carbonyl (C=O) groups is 1. The number of hydrogen-bond acceptors (Lipinski definition) is 7. The van der Waals surface area contributed by atoms with Gasteiger partial charge in [0.25, 0.3) is 0 Å². The minimum Gasteiger partial charge on any atom is -0.493 e. The van der Waals surface area contributed by atoms with E-state index in [2.05, 4.69) is 34.6 Å². The van der Waals surface area contributed by atoms with Gasteiger partial charge >= 0.3 is 0 Å². The molecule has 2 aromatic rings. The summed E-state index contributed by atoms with van der Waals surface area (Å²) in [4.78, 5) is 14.2. The Morgan fingerprint density at radius 2 is 0.938 bits per heavy atom. The van der Waals surface area contributed by atoms with Crippen molar-refractivity contribution in [2.24, 2.45) is 0 Å². The Labute approximate surface area is 292 Å². The third-order valence-corrected chi connectivity index (χ3v) is 8.30. The predicted molar refractivity (Wildman–Crippen MR) is 197 cm³/mol. The first-order valence-electron chi connectivity index (χ1n) is 19.1. The van der Waals surface area contributed by atoms with Crippen LogP contribution in [0, 0.1) is 0 Å². The average molecular weight is 671 g/mol. The van der Waals surface area contributed by atoms with Gasteiger partial charge in [-0.3, -0.25) is 4.79 Å². The van der Waals surface area contributed by atoms with Crippen LogP contribution in [0.2, 0.25) is 0 Å². The number of aryl methyl sites for hydroxylation is 1. The molecule has 0 heterocycles. The highest BCUT2D eigenvalue weighted by Crippen LogP contribution is 2.40. The largest absolute Gasteiger partial charge is 0.493 e. The highest BCUT2D eigenvalue weighted by Gasteiger charge is 2.22. The fourth-order valence-electron chi connectivity index (χ4n) is 5.39. The molecular weight excluding hydrogens is 604 g/mol. The van der Waals surface area contributed by atoms with Gasteiger partial charge in [0.2, 0.25) is 0 Å². The third-order valence-electron chi connectivity index (χ3n) is 8.30. The van der Waals surface area contributed by atoms with Crippen LogP contribution in [0.25, 0.3) is 0 Å². The van der Waals surface area contributed by atoms with Crippen LogP contribution in [-0.2, 0) is 6.42 Å². The number of rotatable bonds is 30. The molecule has 0 saturated heterocycles. The maximum atomic E-state index is 14.2. The molecule has 0 aliphatic rings. The highest BCUT2D eigenvalue weighted by molar-refractivity contribution is 6.00. The van der Waals surface area contributed by atoms with Crippen LogP contribution in [0.4, 0.5) is 0 Å². The zero-order chi connectivity index (χ0) is 34.8. The van der Waals surface area contributed by atoms with E-state index in [1.54, 1.807) is 7.11 Å². The molecule has 0 saturated carbocycles. The number of methoxy groups -OCH3 is 1. The van der Waals surface area contributed by atoms with E-state index in [0.29, 0.717) is 73.8 Å². The Balaban J connectivity index is 2.44. The minimum atomic E-state index is -0.0249. The molecule has 0 aromatic heterocycles. The van der Waals surface area contributed by atoms with Crippen LogP contribution in [-0.4, -0.2) is 45.9 Å². The van der Waals surface area contributed by atoms with Crippen molar-refractivity contribution in [2.45, 2.75) is 144 Å². The van der Waals surface area contributed by atoms with Crippen LogP contribution in [0.3, 0.4) is 0 Å². The molecule has 0 N–H and O–H groups in total. The van der Waals surface area contributed by atoms with Crippen molar-refractivity contribution >= 4 is 5.78 Å². The second-order valence-corrected chi connectivity index (χ2v) is 12.6. The van der Waals surface area contributed by atoms with Crippen molar-refractivity contribution in [3.8, 4) is 34.5 Å². The lowest BCUT2D eigenvalue weighted by atomic mass is 10.00. The maximum Gasteiger partial charge on any atom is 0.172 e. The van der Waals surface area contributed by atoms with E-state index in [4.69, 9.17) is 28.4 Å². The monoisotopic (exact) mass is 670 g/mol. The SMILES string of the molecule is CCCCCOc1cc(CCC(=O)c2cc(OCCCCC)cc(OCCCCC)c2OCCCCC)c(OCCCCC)c(OC)c1. The van der Waals surface area contributed by atoms with Crippen LogP contribution in [0.1, 0.15) is 153 Å². The Hall–Kier alpha value is -3.09. The lowest BCUT2D eigenvalue weighted by Crippen LogP contribution is -2.11. The van der Waals surface area contributed by atoms with Gasteiger partial charge in [0.15, 0.2) is 28.8 Å². The van der Waals surface area contributed by atoms with Crippen molar-refractivity contribution in [1.82, 2.24) is 0 Å². The molecule has 0 bridgehead atoms. The minimum absolute atomic E-state index is 0.0249. The fraction of sp³-hybridized carbons (Fsp3) is 0.683. The van der Waals surface area contributed by atoms with E-state index in [1.807, 2.05) is 24.3 Å². The van der Waals surface area contributed by atoms with Crippen LogP contribution < -0.4 is 28.4 Å². The summed E-state index contributed by atoms with van der Waals surface area (Å²) >= 11 is 0. The molecule has 2 rings (SSSR count). The number of Topliss-reactive ketones (excluding diaryl/α,β-unsaturated/α-hetero) is 1. The standard InChI is InChI=1S/C41H66O7/c1-7-12-17-24-44-34-29-33(40(38(31-34)43-6)47-27-20-15-10-4)22-23-37(42)36-30-35(45-25-18-13-8-2)32-39(46-26-19-14-9-3)41(36)48-28-21-16-11-5/h29-32H,7-28H2,1-6H3. The molecule has 0 radical (unpaired) electrons. The number of hydrogen-bond donors (Lipinski definition) is 0. The molecular formula is C41H66O7. The Bertz CT molecular complexity index is 1150. The zero-order valence-corrected chi connectivity index (χ0v) is 31.2. The normalized spacial score (nSPS) is 11.0. The first-order valence-corrected chi connectivity index (χ1v) is 19.1. The molecule has 48 heavy (non-hydrogen) atoms. The number of unbranched alkanes of at least 4 members (excludes halogenated alkanes) is 10. The van der Waals surface area contributed by atoms with E-state index < -0.39 is 0 Å². The van der Waals surface area contributed by atoms with Crippen LogP contribution in [0.15, 0.2) is 24.3 Å². The molecule has 0 fully saturated rings. The molecule has 0 amide bonds. The zero-order valence-electron chi connectivity index (χ0n) is 31.2. The van der Waals surface area contributed by atoms with Gasteiger partial charge in [-0.25, -0.2) is 0 Å². The van der Waals surface area contributed by atoms with Crippen molar-refractivity contribution < 1.29 is 33.2 Å². The molecule has 7 heteroatoms. The van der Waals surface area contributed by atoms with Crippen LogP contribution >= 0.6 is 0 Å². The van der Waals surface area contributed by atoms with Crippen molar-refractivity contribution in [3.05, 3.63) is 35.4 Å². The number of benzene rings is 2. The quantitative estimate of drug-likeness (QED) is 0.0605. The van der Waals surface area contributed by atoms with Crippen molar-refractivity contribution in [1.29, 1.82) is 0 Å². The summed E-state index contributed by atoms with van der Waals surface area (Å²) in [6.45, 7) is 13.8. The topological polar surface area (TPSA) is 72.5 Å². The molecule has 0 spiro atoms. The average Bonchev–Trinajstić information content (AvgIpc) is 3.10. The molecule has 0 aliphatic heterocycles. The summed E-state index contributed by atoms with van der Waals surface area (Å²) < 4.78 is 37.0. The van der Waals surface area contributed by atoms with E-state index in [-0.39, 0.29) is 12.2 Å². The molecule has 272 valence electrons. The third kappa shape index (κ3) is 15.4. The maximum absolute atomic E-state index is 14.2. The molecule has 0 unspecified atom stereocenters. The summed E-state index contributed by atoms with van der Waals surface area (Å²) in [6, 6.07) is 7.65. The second-order valence-electron chi connectivity index (χ2n) is 12.6. The lowest BCUT2D eigenvalue weighted by molar-refractivity contribution is 0.0976. The molecule has 2 aromatic carbocycles. The smallest absolute Gasteiger partial charge is 0.172 e. The van der Waals surface area contributed by atoms with Gasteiger partial charge in [-0.2, -0.15) is 0 Å².